The topological polar surface area (TPSA) is 68.2 Å². The molecule has 1 aromatic carbocycles. The standard InChI is InChI=1S/C20H27N5/c21-20(23-16-8-4-1-2-5-9-16)24-19-12-18(19)15-13-22-25(14-15)17-10-6-3-7-11-17/h3,6-7,10-11,13-14,16,18-19H,1-2,4-5,8-9,12H2,(H3,21,23,24)/t18-,19+/m0/s1. The van der Waals surface area contributed by atoms with Crippen LogP contribution in [-0.2, 0) is 0 Å². The summed E-state index contributed by atoms with van der Waals surface area (Å²) in [6, 6.07) is 11.0. The maximum absolute atomic E-state index is 6.15. The third-order valence-corrected chi connectivity index (χ3v) is 5.32. The molecule has 2 fully saturated rings. The van der Waals surface area contributed by atoms with Crippen LogP contribution < -0.4 is 11.1 Å². The lowest BCUT2D eigenvalue weighted by molar-refractivity contribution is 0.530. The minimum Gasteiger partial charge on any atom is -0.370 e. The molecule has 0 saturated heterocycles. The van der Waals surface area contributed by atoms with E-state index in [0.717, 1.165) is 12.1 Å². The van der Waals surface area contributed by atoms with E-state index in [-0.39, 0.29) is 0 Å². The SMILES string of the molecule is NC(=N[C@@H]1C[C@H]1c1cnn(-c2ccccc2)c1)NC1CCCCCC1. The Kier molecular flexibility index (Phi) is 4.72. The average Bonchev–Trinajstić information content (AvgIpc) is 3.29. The molecule has 0 amide bonds. The van der Waals surface area contributed by atoms with Crippen molar-refractivity contribution in [1.29, 1.82) is 0 Å². The normalized spacial score (nSPS) is 24.7. The monoisotopic (exact) mass is 337 g/mol. The second kappa shape index (κ2) is 7.30. The van der Waals surface area contributed by atoms with Crippen LogP contribution in [0.2, 0.25) is 0 Å². The highest BCUT2D eigenvalue weighted by atomic mass is 15.3. The predicted octanol–water partition coefficient (Wildman–Crippen LogP) is 3.36. The number of hydrogen-bond donors (Lipinski definition) is 2. The Morgan fingerprint density at radius 1 is 1.12 bits per heavy atom. The summed E-state index contributed by atoms with van der Waals surface area (Å²) in [6.07, 6.45) is 12.9. The van der Waals surface area contributed by atoms with E-state index >= 15 is 0 Å². The van der Waals surface area contributed by atoms with E-state index in [0.29, 0.717) is 24.0 Å². The van der Waals surface area contributed by atoms with Crippen LogP contribution in [0.25, 0.3) is 5.69 Å². The first-order chi connectivity index (χ1) is 12.3. The van der Waals surface area contributed by atoms with Crippen LogP contribution in [0, 0.1) is 0 Å². The Bertz CT molecular complexity index is 713. The Morgan fingerprint density at radius 3 is 2.64 bits per heavy atom. The number of nitrogens with two attached hydrogens (primary N) is 1. The average molecular weight is 337 g/mol. The molecule has 2 atom stereocenters. The molecule has 25 heavy (non-hydrogen) atoms. The van der Waals surface area contributed by atoms with Gasteiger partial charge in [0.15, 0.2) is 5.96 Å². The van der Waals surface area contributed by atoms with Gasteiger partial charge in [-0.15, -0.1) is 0 Å². The Labute approximate surface area is 149 Å². The van der Waals surface area contributed by atoms with Crippen LogP contribution in [-0.4, -0.2) is 27.8 Å². The van der Waals surface area contributed by atoms with Crippen molar-refractivity contribution in [2.75, 3.05) is 0 Å². The van der Waals surface area contributed by atoms with Gasteiger partial charge in [-0.1, -0.05) is 43.9 Å². The Balaban J connectivity index is 1.35. The fourth-order valence-corrected chi connectivity index (χ4v) is 3.78. The van der Waals surface area contributed by atoms with E-state index in [2.05, 4.69) is 28.7 Å². The molecule has 2 aromatic rings. The molecule has 0 aliphatic heterocycles. The number of nitrogens with one attached hydrogen (secondary N) is 1. The molecule has 132 valence electrons. The van der Waals surface area contributed by atoms with Gasteiger partial charge in [0.25, 0.3) is 0 Å². The second-order valence-corrected chi connectivity index (χ2v) is 7.31. The van der Waals surface area contributed by atoms with E-state index in [4.69, 9.17) is 10.7 Å². The van der Waals surface area contributed by atoms with E-state index in [1.807, 2.05) is 29.1 Å². The lowest BCUT2D eigenvalue weighted by Crippen LogP contribution is -2.40. The smallest absolute Gasteiger partial charge is 0.189 e. The van der Waals surface area contributed by atoms with Gasteiger partial charge in [0.1, 0.15) is 0 Å². The van der Waals surface area contributed by atoms with Crippen molar-refractivity contribution in [3.63, 3.8) is 0 Å². The van der Waals surface area contributed by atoms with Gasteiger partial charge in [0.05, 0.1) is 17.9 Å². The molecular formula is C20H27N5. The fourth-order valence-electron chi connectivity index (χ4n) is 3.78. The van der Waals surface area contributed by atoms with Crippen LogP contribution in [0.5, 0.6) is 0 Å². The molecule has 1 aromatic heterocycles. The molecule has 5 nitrogen and oxygen atoms in total. The number of benzene rings is 1. The van der Waals surface area contributed by atoms with Crippen LogP contribution in [0.1, 0.15) is 56.4 Å². The molecule has 0 bridgehead atoms. The number of aromatic nitrogens is 2. The van der Waals surface area contributed by atoms with Crippen molar-refractivity contribution in [3.05, 3.63) is 48.3 Å². The first kappa shape index (κ1) is 16.2. The fraction of sp³-hybridized carbons (Fsp3) is 0.500. The lowest BCUT2D eigenvalue weighted by Gasteiger charge is -2.16. The first-order valence-electron chi connectivity index (χ1n) is 9.49. The molecule has 0 spiro atoms. The highest BCUT2D eigenvalue weighted by molar-refractivity contribution is 5.78. The van der Waals surface area contributed by atoms with E-state index in [9.17, 15) is 0 Å². The minimum atomic E-state index is 0.298. The maximum atomic E-state index is 6.15. The number of para-hydroxylation sites is 1. The number of hydrogen-bond acceptors (Lipinski definition) is 2. The van der Waals surface area contributed by atoms with Gasteiger partial charge in [-0.25, -0.2) is 9.67 Å². The lowest BCUT2D eigenvalue weighted by atomic mass is 10.1. The van der Waals surface area contributed by atoms with Crippen LogP contribution in [0.15, 0.2) is 47.7 Å². The predicted molar refractivity (Wildman–Crippen MR) is 101 cm³/mol. The quantitative estimate of drug-likeness (QED) is 0.511. The first-order valence-corrected chi connectivity index (χ1v) is 9.49. The van der Waals surface area contributed by atoms with Crippen molar-refractivity contribution in [2.24, 2.45) is 10.7 Å². The number of guanidine groups is 1. The molecule has 1 heterocycles. The summed E-state index contributed by atoms with van der Waals surface area (Å²) >= 11 is 0. The van der Waals surface area contributed by atoms with Crippen molar-refractivity contribution >= 4 is 5.96 Å². The van der Waals surface area contributed by atoms with E-state index in [1.165, 1.54) is 44.1 Å². The maximum Gasteiger partial charge on any atom is 0.189 e. The van der Waals surface area contributed by atoms with Crippen LogP contribution in [0.3, 0.4) is 0 Å². The molecule has 0 unspecified atom stereocenters. The highest BCUT2D eigenvalue weighted by Gasteiger charge is 2.39. The molecular weight excluding hydrogens is 310 g/mol. The summed E-state index contributed by atoms with van der Waals surface area (Å²) in [5.41, 5.74) is 8.49. The third-order valence-electron chi connectivity index (χ3n) is 5.32. The highest BCUT2D eigenvalue weighted by Crippen LogP contribution is 2.43. The van der Waals surface area contributed by atoms with Crippen LogP contribution in [0.4, 0.5) is 0 Å². The summed E-state index contributed by atoms with van der Waals surface area (Å²) in [5, 5.41) is 7.93. The Morgan fingerprint density at radius 2 is 1.88 bits per heavy atom. The molecule has 5 heteroatoms. The molecule has 4 rings (SSSR count). The molecule has 0 radical (unpaired) electrons. The van der Waals surface area contributed by atoms with Gasteiger partial charge in [-0.2, -0.15) is 5.10 Å². The zero-order valence-corrected chi connectivity index (χ0v) is 14.6. The Hall–Kier alpha value is -2.30. The molecule has 2 saturated carbocycles. The summed E-state index contributed by atoms with van der Waals surface area (Å²) in [5.74, 6) is 1.07. The van der Waals surface area contributed by atoms with Gasteiger partial charge < -0.3 is 11.1 Å². The number of aliphatic imine (C=N–C) groups is 1. The van der Waals surface area contributed by atoms with Gasteiger partial charge in [-0.05, 0) is 37.0 Å². The van der Waals surface area contributed by atoms with Gasteiger partial charge in [-0.3, -0.25) is 0 Å². The van der Waals surface area contributed by atoms with Crippen molar-refractivity contribution in [1.82, 2.24) is 15.1 Å². The summed E-state index contributed by atoms with van der Waals surface area (Å²) in [4.78, 5) is 4.70. The third kappa shape index (κ3) is 4.03. The number of nitrogens with zero attached hydrogens (tertiary/aromatic N) is 3. The van der Waals surface area contributed by atoms with Crippen molar-refractivity contribution in [2.45, 2.75) is 62.9 Å². The van der Waals surface area contributed by atoms with Gasteiger partial charge in [0, 0.05) is 18.2 Å². The van der Waals surface area contributed by atoms with Gasteiger partial charge in [0.2, 0.25) is 0 Å². The summed E-state index contributed by atoms with van der Waals surface area (Å²) < 4.78 is 1.93. The number of rotatable bonds is 4. The van der Waals surface area contributed by atoms with Gasteiger partial charge >= 0.3 is 0 Å². The molecule has 2 aliphatic carbocycles. The zero-order valence-electron chi connectivity index (χ0n) is 14.6. The second-order valence-electron chi connectivity index (χ2n) is 7.31. The summed E-state index contributed by atoms with van der Waals surface area (Å²) in [7, 11) is 0. The zero-order chi connectivity index (χ0) is 17.1. The molecule has 3 N–H and O–H groups in total. The van der Waals surface area contributed by atoms with E-state index in [1.54, 1.807) is 0 Å². The minimum absolute atomic E-state index is 0.298. The largest absolute Gasteiger partial charge is 0.370 e. The molecule has 2 aliphatic rings. The van der Waals surface area contributed by atoms with E-state index < -0.39 is 0 Å². The summed E-state index contributed by atoms with van der Waals surface area (Å²) in [6.45, 7) is 0. The van der Waals surface area contributed by atoms with Crippen LogP contribution >= 0.6 is 0 Å². The van der Waals surface area contributed by atoms with Crippen molar-refractivity contribution < 1.29 is 0 Å². The van der Waals surface area contributed by atoms with Crippen molar-refractivity contribution in [3.8, 4) is 5.69 Å².